The van der Waals surface area contributed by atoms with Crippen LogP contribution < -0.4 is 5.73 Å². The molecule has 0 saturated carbocycles. The third-order valence-corrected chi connectivity index (χ3v) is 4.57. The molecule has 152 valence electrons. The summed E-state index contributed by atoms with van der Waals surface area (Å²) >= 11 is 11.9. The molecule has 10 heteroatoms. The number of rotatable bonds is 4. The minimum atomic E-state index is -4.85. The van der Waals surface area contributed by atoms with Crippen LogP contribution in [0.2, 0.25) is 5.02 Å². The van der Waals surface area contributed by atoms with E-state index in [1.54, 1.807) is 6.08 Å². The Kier molecular flexibility index (Phi) is 6.14. The van der Waals surface area contributed by atoms with Crippen LogP contribution in [0.1, 0.15) is 12.2 Å². The van der Waals surface area contributed by atoms with E-state index in [4.69, 9.17) is 33.5 Å². The van der Waals surface area contributed by atoms with Gasteiger partial charge in [0.2, 0.25) is 0 Å². The topological polar surface area (TPSA) is 64.4 Å². The van der Waals surface area contributed by atoms with Gasteiger partial charge in [-0.05, 0) is 18.2 Å². The predicted octanol–water partition coefficient (Wildman–Crippen LogP) is 5.89. The predicted molar refractivity (Wildman–Crippen MR) is 104 cm³/mol. The summed E-state index contributed by atoms with van der Waals surface area (Å²) in [4.78, 5) is 3.70. The molecule has 0 radical (unpaired) electrons. The molecule has 1 atom stereocenters. The van der Waals surface area contributed by atoms with Crippen molar-refractivity contribution in [2.24, 2.45) is 10.7 Å². The molecule has 2 aromatic rings. The molecule has 1 aliphatic rings. The van der Waals surface area contributed by atoms with Gasteiger partial charge in [-0.15, -0.1) is 11.6 Å². The number of hydrogen-bond acceptors (Lipinski definition) is 4. The number of nitrogens with two attached hydrogens (primary N) is 1. The van der Waals surface area contributed by atoms with Crippen LogP contribution in [0.15, 0.2) is 63.9 Å². The number of halogens is 6. The Hall–Kier alpha value is -2.58. The number of hydrogen-bond donors (Lipinski definition) is 1. The average Bonchev–Trinajstić information content (AvgIpc) is 3.10. The van der Waals surface area contributed by atoms with E-state index in [0.29, 0.717) is 6.20 Å². The van der Waals surface area contributed by atoms with E-state index in [0.717, 1.165) is 12.1 Å². The monoisotopic (exact) mass is 445 g/mol. The fourth-order valence-corrected chi connectivity index (χ4v) is 3.17. The molecule has 0 spiro atoms. The molecule has 1 aliphatic carbocycles. The Morgan fingerprint density at radius 3 is 2.72 bits per heavy atom. The van der Waals surface area contributed by atoms with Crippen molar-refractivity contribution in [2.75, 3.05) is 0 Å². The van der Waals surface area contributed by atoms with Crippen molar-refractivity contribution < 1.29 is 22.1 Å². The maximum absolute atomic E-state index is 14.1. The third kappa shape index (κ3) is 4.71. The highest BCUT2D eigenvalue weighted by Gasteiger charge is 2.40. The van der Waals surface area contributed by atoms with E-state index in [1.807, 2.05) is 0 Å². The zero-order chi connectivity index (χ0) is 21.2. The second-order valence-electron chi connectivity index (χ2n) is 5.97. The van der Waals surface area contributed by atoms with E-state index in [2.05, 4.69) is 10.1 Å². The van der Waals surface area contributed by atoms with Gasteiger partial charge < -0.3 is 10.3 Å². The highest BCUT2D eigenvalue weighted by molar-refractivity contribution is 6.33. The molecule has 0 amide bonds. The first-order valence-corrected chi connectivity index (χ1v) is 9.03. The van der Waals surface area contributed by atoms with Crippen LogP contribution in [0.25, 0.3) is 16.8 Å². The number of aromatic nitrogens is 1. The molecule has 1 unspecified atom stereocenters. The Morgan fingerprint density at radius 2 is 2.10 bits per heavy atom. The fraction of sp³-hybridized carbons (Fsp3) is 0.158. The van der Waals surface area contributed by atoms with Crippen LogP contribution in [-0.4, -0.2) is 22.4 Å². The van der Waals surface area contributed by atoms with Crippen LogP contribution >= 0.6 is 23.2 Å². The van der Waals surface area contributed by atoms with Gasteiger partial charge in [0.15, 0.2) is 11.5 Å². The quantitative estimate of drug-likeness (QED) is 0.362. The van der Waals surface area contributed by atoms with Crippen LogP contribution in [0.4, 0.5) is 17.6 Å². The summed E-state index contributed by atoms with van der Waals surface area (Å²) in [5.41, 5.74) is 3.56. The number of benzene rings is 1. The van der Waals surface area contributed by atoms with Crippen molar-refractivity contribution in [3.63, 3.8) is 0 Å². The minimum Gasteiger partial charge on any atom is -0.404 e. The normalized spacial score (nSPS) is 18.1. The molecule has 0 bridgehead atoms. The lowest BCUT2D eigenvalue weighted by atomic mass is 10.1. The first-order valence-electron chi connectivity index (χ1n) is 8.21. The standard InChI is InChI=1S/C19H13Cl2F4N3O/c20-10-3-1-4-11(7-10)27-18(19(23,24)25)12(9-26)16-8-15(28-29-16)17-13(21)5-2-6-14(17)22/h1-6,8-10H,7,26H2. The zero-order valence-electron chi connectivity index (χ0n) is 14.6. The lowest BCUT2D eigenvalue weighted by molar-refractivity contribution is -0.0572. The zero-order valence-corrected chi connectivity index (χ0v) is 16.1. The summed E-state index contributed by atoms with van der Waals surface area (Å²) in [7, 11) is 0. The fourth-order valence-electron chi connectivity index (χ4n) is 2.67. The molecule has 0 fully saturated rings. The van der Waals surface area contributed by atoms with Gasteiger partial charge in [0.1, 0.15) is 11.5 Å². The summed E-state index contributed by atoms with van der Waals surface area (Å²) in [6.07, 6.45) is 0.543. The highest BCUT2D eigenvalue weighted by Crippen LogP contribution is 2.34. The van der Waals surface area contributed by atoms with Gasteiger partial charge in [-0.25, -0.2) is 9.38 Å². The third-order valence-electron chi connectivity index (χ3n) is 3.95. The number of nitrogens with zero attached hydrogens (tertiary/aromatic N) is 2. The maximum Gasteiger partial charge on any atom is 0.434 e. The van der Waals surface area contributed by atoms with Gasteiger partial charge in [0.05, 0.1) is 21.5 Å². The van der Waals surface area contributed by atoms with E-state index >= 15 is 0 Å². The number of allylic oxidation sites excluding steroid dienone is 5. The van der Waals surface area contributed by atoms with E-state index in [9.17, 15) is 17.6 Å². The second-order valence-corrected chi connectivity index (χ2v) is 6.94. The molecule has 0 saturated heterocycles. The summed E-state index contributed by atoms with van der Waals surface area (Å²) in [5, 5.41) is 3.19. The SMILES string of the molecule is NC=C(C(=NC1=CC=CC(Cl)C1)C(F)(F)F)c1cc(-c2c(F)cccc2Cl)no1. The van der Waals surface area contributed by atoms with Gasteiger partial charge in [-0.2, -0.15) is 13.2 Å². The molecule has 4 nitrogen and oxygen atoms in total. The number of aliphatic imine (C=N–C) groups is 1. The van der Waals surface area contributed by atoms with Crippen molar-refractivity contribution >= 4 is 34.5 Å². The van der Waals surface area contributed by atoms with Gasteiger partial charge in [-0.3, -0.25) is 0 Å². The largest absolute Gasteiger partial charge is 0.434 e. The van der Waals surface area contributed by atoms with Crippen LogP contribution in [0, 0.1) is 5.82 Å². The molecule has 2 N–H and O–H groups in total. The van der Waals surface area contributed by atoms with Crippen LogP contribution in [0.5, 0.6) is 0 Å². The molecule has 1 aromatic heterocycles. The van der Waals surface area contributed by atoms with Crippen molar-refractivity contribution in [3.05, 3.63) is 71.0 Å². The summed E-state index contributed by atoms with van der Waals surface area (Å²) in [6, 6.07) is 5.06. The Labute approximate surface area is 173 Å². The van der Waals surface area contributed by atoms with Gasteiger partial charge in [0, 0.05) is 24.4 Å². The van der Waals surface area contributed by atoms with Gasteiger partial charge >= 0.3 is 6.18 Å². The summed E-state index contributed by atoms with van der Waals surface area (Å²) < 4.78 is 60.2. The van der Waals surface area contributed by atoms with E-state index in [1.165, 1.54) is 24.3 Å². The molecule has 3 rings (SSSR count). The van der Waals surface area contributed by atoms with Crippen LogP contribution in [0.3, 0.4) is 0 Å². The summed E-state index contributed by atoms with van der Waals surface area (Å²) in [5.74, 6) is -1.04. The van der Waals surface area contributed by atoms with Crippen LogP contribution in [-0.2, 0) is 0 Å². The van der Waals surface area contributed by atoms with E-state index < -0.39 is 28.7 Å². The van der Waals surface area contributed by atoms with Gasteiger partial charge in [0.25, 0.3) is 0 Å². The average molecular weight is 446 g/mol. The number of alkyl halides is 4. The first kappa shape index (κ1) is 21.1. The Bertz CT molecular complexity index is 1020. The molecule has 1 aromatic carbocycles. The van der Waals surface area contributed by atoms with E-state index in [-0.39, 0.29) is 34.2 Å². The molecule has 1 heterocycles. The van der Waals surface area contributed by atoms with Crippen molar-refractivity contribution in [1.29, 1.82) is 0 Å². The second kappa shape index (κ2) is 8.42. The minimum absolute atomic E-state index is 0.0279. The van der Waals surface area contributed by atoms with Gasteiger partial charge in [-0.1, -0.05) is 35.0 Å². The lowest BCUT2D eigenvalue weighted by Gasteiger charge is -2.15. The van der Waals surface area contributed by atoms with Crippen molar-refractivity contribution in [2.45, 2.75) is 18.0 Å². The molecular weight excluding hydrogens is 433 g/mol. The lowest BCUT2D eigenvalue weighted by Crippen LogP contribution is -2.25. The maximum atomic E-state index is 14.1. The molecular formula is C19H13Cl2F4N3O. The van der Waals surface area contributed by atoms with Crippen molar-refractivity contribution in [1.82, 2.24) is 5.16 Å². The van der Waals surface area contributed by atoms with Crippen molar-refractivity contribution in [3.8, 4) is 11.3 Å². The molecule has 29 heavy (non-hydrogen) atoms. The Morgan fingerprint density at radius 1 is 1.34 bits per heavy atom. The summed E-state index contributed by atoms with van der Waals surface area (Å²) in [6.45, 7) is 0. The molecule has 0 aliphatic heterocycles. The highest BCUT2D eigenvalue weighted by atomic mass is 35.5. The first-order chi connectivity index (χ1) is 13.7. The Balaban J connectivity index is 2.05. The smallest absolute Gasteiger partial charge is 0.404 e.